The third kappa shape index (κ3) is 2.12. The van der Waals surface area contributed by atoms with E-state index in [0.717, 1.165) is 17.4 Å². The maximum Gasteiger partial charge on any atom is 0.0576 e. The van der Waals surface area contributed by atoms with Crippen LogP contribution in [0.3, 0.4) is 0 Å². The fourth-order valence-corrected chi connectivity index (χ4v) is 3.24. The van der Waals surface area contributed by atoms with Crippen LogP contribution >= 0.6 is 0 Å². The first-order valence-electron chi connectivity index (χ1n) is 6.70. The van der Waals surface area contributed by atoms with Gasteiger partial charge in [-0.15, -0.1) is 0 Å². The van der Waals surface area contributed by atoms with Crippen molar-refractivity contribution in [2.24, 2.45) is 0 Å². The first-order chi connectivity index (χ1) is 8.34. The highest BCUT2D eigenvalue weighted by molar-refractivity contribution is 5.66. The molecule has 17 heavy (non-hydrogen) atoms. The Bertz CT molecular complexity index is 391. The average Bonchev–Trinajstić information content (AvgIpc) is 2.76. The van der Waals surface area contributed by atoms with Crippen molar-refractivity contribution in [1.29, 1.82) is 0 Å². The Morgan fingerprint density at radius 1 is 1.12 bits per heavy atom. The quantitative estimate of drug-likeness (QED) is 0.767. The van der Waals surface area contributed by atoms with Crippen molar-refractivity contribution in [3.63, 3.8) is 0 Å². The molecule has 2 fully saturated rings. The van der Waals surface area contributed by atoms with E-state index in [4.69, 9.17) is 5.73 Å². The highest BCUT2D eigenvalue weighted by atomic mass is 15.2. The van der Waals surface area contributed by atoms with Gasteiger partial charge >= 0.3 is 0 Å². The van der Waals surface area contributed by atoms with Crippen molar-refractivity contribution in [1.82, 2.24) is 4.90 Å². The van der Waals surface area contributed by atoms with Gasteiger partial charge in [-0.2, -0.15) is 0 Å². The van der Waals surface area contributed by atoms with Gasteiger partial charge in [0.25, 0.3) is 0 Å². The molecule has 2 unspecified atom stereocenters. The Morgan fingerprint density at radius 3 is 2.88 bits per heavy atom. The first kappa shape index (κ1) is 10.9. The number of nitrogens with one attached hydrogen (secondary N) is 1. The SMILES string of the molecule is Nc1ccccc1NC1CCN2CCCCC12. The molecule has 0 radical (unpaired) electrons. The standard InChI is InChI=1S/C14H21N3/c15-11-5-1-2-6-12(11)16-13-8-10-17-9-4-3-7-14(13)17/h1-2,5-6,13-14,16H,3-4,7-10,15H2. The van der Waals surface area contributed by atoms with Gasteiger partial charge in [-0.3, -0.25) is 4.90 Å². The smallest absolute Gasteiger partial charge is 0.0576 e. The molecule has 0 aromatic heterocycles. The molecule has 0 spiro atoms. The number of para-hydroxylation sites is 2. The topological polar surface area (TPSA) is 41.3 Å². The average molecular weight is 231 g/mol. The van der Waals surface area contributed by atoms with Crippen LogP contribution in [0, 0.1) is 0 Å². The van der Waals surface area contributed by atoms with E-state index in [2.05, 4.69) is 16.3 Å². The number of piperidine rings is 1. The Balaban J connectivity index is 1.71. The number of anilines is 2. The Labute approximate surface area is 103 Å². The second-order valence-electron chi connectivity index (χ2n) is 5.23. The third-order valence-electron chi connectivity index (χ3n) is 4.16. The molecule has 2 atom stereocenters. The summed E-state index contributed by atoms with van der Waals surface area (Å²) in [5.74, 6) is 0. The van der Waals surface area contributed by atoms with E-state index in [-0.39, 0.29) is 0 Å². The number of nitrogen functional groups attached to an aromatic ring is 1. The van der Waals surface area contributed by atoms with Crippen LogP contribution in [-0.2, 0) is 0 Å². The van der Waals surface area contributed by atoms with Crippen LogP contribution in [0.2, 0.25) is 0 Å². The number of hydrogen-bond acceptors (Lipinski definition) is 3. The van der Waals surface area contributed by atoms with E-state index >= 15 is 0 Å². The largest absolute Gasteiger partial charge is 0.397 e. The van der Waals surface area contributed by atoms with E-state index in [1.807, 2.05) is 18.2 Å². The van der Waals surface area contributed by atoms with Crippen molar-refractivity contribution < 1.29 is 0 Å². The monoisotopic (exact) mass is 231 g/mol. The lowest BCUT2D eigenvalue weighted by Gasteiger charge is -2.33. The maximum atomic E-state index is 5.99. The number of hydrogen-bond donors (Lipinski definition) is 2. The summed E-state index contributed by atoms with van der Waals surface area (Å²) in [7, 11) is 0. The second-order valence-corrected chi connectivity index (χ2v) is 5.23. The molecular formula is C14H21N3. The minimum Gasteiger partial charge on any atom is -0.397 e. The lowest BCUT2D eigenvalue weighted by molar-refractivity contribution is 0.193. The zero-order chi connectivity index (χ0) is 11.7. The van der Waals surface area contributed by atoms with Crippen molar-refractivity contribution in [3.05, 3.63) is 24.3 Å². The summed E-state index contributed by atoms with van der Waals surface area (Å²) in [5.41, 5.74) is 7.96. The zero-order valence-electron chi connectivity index (χ0n) is 10.2. The lowest BCUT2D eigenvalue weighted by Crippen LogP contribution is -2.41. The summed E-state index contributed by atoms with van der Waals surface area (Å²) in [6.07, 6.45) is 5.34. The van der Waals surface area contributed by atoms with E-state index in [9.17, 15) is 0 Å². The molecule has 3 N–H and O–H groups in total. The molecule has 3 rings (SSSR count). The van der Waals surface area contributed by atoms with Gasteiger partial charge in [0.15, 0.2) is 0 Å². The summed E-state index contributed by atoms with van der Waals surface area (Å²) in [5, 5.41) is 3.64. The highest BCUT2D eigenvalue weighted by Gasteiger charge is 2.35. The van der Waals surface area contributed by atoms with Gasteiger partial charge < -0.3 is 11.1 Å². The van der Waals surface area contributed by atoms with Crippen molar-refractivity contribution in [3.8, 4) is 0 Å². The Morgan fingerprint density at radius 2 is 2.00 bits per heavy atom. The van der Waals surface area contributed by atoms with Crippen LogP contribution in [0.5, 0.6) is 0 Å². The number of benzene rings is 1. The zero-order valence-corrected chi connectivity index (χ0v) is 10.2. The predicted octanol–water partition coefficient (Wildman–Crippen LogP) is 2.31. The van der Waals surface area contributed by atoms with Gasteiger partial charge in [-0.05, 0) is 37.9 Å². The molecule has 2 heterocycles. The molecule has 2 aliphatic heterocycles. The molecule has 1 aromatic carbocycles. The van der Waals surface area contributed by atoms with E-state index in [1.165, 1.54) is 38.8 Å². The molecule has 1 aromatic rings. The van der Waals surface area contributed by atoms with E-state index < -0.39 is 0 Å². The molecule has 2 aliphatic rings. The minimum atomic E-state index is 0.583. The van der Waals surface area contributed by atoms with Gasteiger partial charge in [-0.1, -0.05) is 18.6 Å². The predicted molar refractivity (Wildman–Crippen MR) is 72.1 cm³/mol. The van der Waals surface area contributed by atoms with Gasteiger partial charge in [-0.25, -0.2) is 0 Å². The molecule has 3 heteroatoms. The van der Waals surface area contributed by atoms with Crippen LogP contribution < -0.4 is 11.1 Å². The molecule has 92 valence electrons. The van der Waals surface area contributed by atoms with Gasteiger partial charge in [0.2, 0.25) is 0 Å². The van der Waals surface area contributed by atoms with Crippen LogP contribution in [0.1, 0.15) is 25.7 Å². The summed E-state index contributed by atoms with van der Waals surface area (Å²) >= 11 is 0. The van der Waals surface area contributed by atoms with Gasteiger partial charge in [0.05, 0.1) is 11.4 Å². The maximum absolute atomic E-state index is 5.99. The Kier molecular flexibility index (Phi) is 2.93. The van der Waals surface area contributed by atoms with Crippen LogP contribution in [0.25, 0.3) is 0 Å². The Hall–Kier alpha value is -1.22. The highest BCUT2D eigenvalue weighted by Crippen LogP contribution is 2.30. The van der Waals surface area contributed by atoms with Gasteiger partial charge in [0.1, 0.15) is 0 Å². The molecule has 0 bridgehead atoms. The third-order valence-corrected chi connectivity index (χ3v) is 4.16. The molecule has 0 amide bonds. The molecule has 2 saturated heterocycles. The number of nitrogens with zero attached hydrogens (tertiary/aromatic N) is 1. The number of nitrogens with two attached hydrogens (primary N) is 1. The summed E-state index contributed by atoms with van der Waals surface area (Å²) < 4.78 is 0. The normalized spacial score (nSPS) is 28.9. The summed E-state index contributed by atoms with van der Waals surface area (Å²) in [6.45, 7) is 2.53. The van der Waals surface area contributed by atoms with E-state index in [1.54, 1.807) is 0 Å². The minimum absolute atomic E-state index is 0.583. The fourth-order valence-electron chi connectivity index (χ4n) is 3.24. The number of fused-ring (bicyclic) bond motifs is 1. The molecule has 0 aliphatic carbocycles. The van der Waals surface area contributed by atoms with E-state index in [0.29, 0.717) is 6.04 Å². The molecule has 0 saturated carbocycles. The molecular weight excluding hydrogens is 210 g/mol. The number of rotatable bonds is 2. The lowest BCUT2D eigenvalue weighted by atomic mass is 9.99. The second kappa shape index (κ2) is 4.57. The van der Waals surface area contributed by atoms with Crippen LogP contribution in [0.15, 0.2) is 24.3 Å². The van der Waals surface area contributed by atoms with Crippen LogP contribution in [-0.4, -0.2) is 30.1 Å². The van der Waals surface area contributed by atoms with Crippen molar-refractivity contribution >= 4 is 11.4 Å². The van der Waals surface area contributed by atoms with Crippen LogP contribution in [0.4, 0.5) is 11.4 Å². The molecule has 3 nitrogen and oxygen atoms in total. The van der Waals surface area contributed by atoms with Gasteiger partial charge in [0, 0.05) is 18.6 Å². The van der Waals surface area contributed by atoms with Crippen molar-refractivity contribution in [2.75, 3.05) is 24.1 Å². The summed E-state index contributed by atoms with van der Waals surface area (Å²) in [6, 6.07) is 9.40. The summed E-state index contributed by atoms with van der Waals surface area (Å²) in [4.78, 5) is 2.64. The van der Waals surface area contributed by atoms with Crippen molar-refractivity contribution in [2.45, 2.75) is 37.8 Å². The first-order valence-corrected chi connectivity index (χ1v) is 6.70. The fraction of sp³-hybridized carbons (Fsp3) is 0.571.